The molecule has 1 aliphatic heterocycles. The Kier molecular flexibility index (Phi) is 4.38. The van der Waals surface area contributed by atoms with Gasteiger partial charge in [0.1, 0.15) is 9.52 Å². The molecule has 1 saturated heterocycles. The minimum atomic E-state index is -0.471. The minimum Gasteiger partial charge on any atom is -0.378 e. The summed E-state index contributed by atoms with van der Waals surface area (Å²) in [6, 6.07) is 8.02. The van der Waals surface area contributed by atoms with Gasteiger partial charge >= 0.3 is 0 Å². The second-order valence-corrected chi connectivity index (χ2v) is 6.77. The van der Waals surface area contributed by atoms with Crippen LogP contribution in [0, 0.1) is 9.52 Å². The van der Waals surface area contributed by atoms with Gasteiger partial charge in [-0.3, -0.25) is 4.79 Å². The monoisotopic (exact) mass is 452 g/mol. The van der Waals surface area contributed by atoms with Gasteiger partial charge in [-0.15, -0.1) is 0 Å². The topological polar surface area (TPSA) is 59.7 Å². The second-order valence-electron chi connectivity index (χ2n) is 5.67. The van der Waals surface area contributed by atoms with Crippen LogP contribution >= 0.6 is 22.6 Å². The number of morpholine rings is 1. The largest absolute Gasteiger partial charge is 0.378 e. The molecule has 0 aliphatic carbocycles. The van der Waals surface area contributed by atoms with E-state index in [9.17, 15) is 9.18 Å². The number of nitrogens with zero attached hydrogens (tertiary/aromatic N) is 4. The molecule has 3 aromatic rings. The Morgan fingerprint density at radius 1 is 1.20 bits per heavy atom. The molecule has 2 aromatic heterocycles. The van der Waals surface area contributed by atoms with E-state index in [1.54, 1.807) is 39.9 Å². The van der Waals surface area contributed by atoms with Gasteiger partial charge in [-0.1, -0.05) is 0 Å². The first-order valence-electron chi connectivity index (χ1n) is 7.81. The number of benzene rings is 1. The number of imidazole rings is 1. The van der Waals surface area contributed by atoms with Crippen LogP contribution in [0.1, 0.15) is 10.4 Å². The van der Waals surface area contributed by atoms with Crippen molar-refractivity contribution in [3.8, 4) is 11.3 Å². The summed E-state index contributed by atoms with van der Waals surface area (Å²) in [5.74, 6) is -0.651. The van der Waals surface area contributed by atoms with E-state index in [1.165, 1.54) is 6.07 Å². The number of fused-ring (bicyclic) bond motifs is 1. The first-order chi connectivity index (χ1) is 12.1. The SMILES string of the molecule is O=C(c1ccc(-c2ccc3ncc(I)n3n2)c(F)c1)N1CCOCC1. The van der Waals surface area contributed by atoms with Crippen molar-refractivity contribution < 1.29 is 13.9 Å². The third-order valence-corrected chi connectivity index (χ3v) is 4.85. The van der Waals surface area contributed by atoms with Gasteiger partial charge in [0.05, 0.1) is 25.1 Å². The second kappa shape index (κ2) is 6.68. The van der Waals surface area contributed by atoms with Crippen LogP contribution in [0.3, 0.4) is 0 Å². The van der Waals surface area contributed by atoms with Crippen molar-refractivity contribution in [2.45, 2.75) is 0 Å². The highest BCUT2D eigenvalue weighted by molar-refractivity contribution is 14.1. The average Bonchev–Trinajstić information content (AvgIpc) is 3.02. The first-order valence-corrected chi connectivity index (χ1v) is 8.88. The Labute approximate surface area is 156 Å². The molecule has 25 heavy (non-hydrogen) atoms. The lowest BCUT2D eigenvalue weighted by Crippen LogP contribution is -2.40. The van der Waals surface area contributed by atoms with Crippen LogP contribution in [0.25, 0.3) is 16.9 Å². The average molecular weight is 452 g/mol. The maximum atomic E-state index is 14.6. The van der Waals surface area contributed by atoms with Gasteiger partial charge in [-0.25, -0.2) is 13.9 Å². The maximum Gasteiger partial charge on any atom is 0.254 e. The van der Waals surface area contributed by atoms with Crippen LogP contribution in [0.4, 0.5) is 4.39 Å². The van der Waals surface area contributed by atoms with E-state index in [-0.39, 0.29) is 5.91 Å². The highest BCUT2D eigenvalue weighted by atomic mass is 127. The standard InChI is InChI=1S/C17H14FIN4O2/c18-13-9-11(17(24)22-5-7-25-8-6-22)1-2-12(13)14-3-4-16-20-10-15(19)23(16)21-14/h1-4,9-10H,5-8H2. The Balaban J connectivity index is 1.66. The molecule has 4 rings (SSSR count). The molecule has 0 spiro atoms. The first kappa shape index (κ1) is 16.4. The molecule has 0 saturated carbocycles. The van der Waals surface area contributed by atoms with Gasteiger partial charge in [-0.2, -0.15) is 5.10 Å². The zero-order valence-electron chi connectivity index (χ0n) is 13.2. The zero-order valence-corrected chi connectivity index (χ0v) is 15.3. The summed E-state index contributed by atoms with van der Waals surface area (Å²) < 4.78 is 22.4. The van der Waals surface area contributed by atoms with Crippen molar-refractivity contribution in [1.29, 1.82) is 0 Å². The highest BCUT2D eigenvalue weighted by Gasteiger charge is 2.20. The predicted octanol–water partition coefficient (Wildman–Crippen LogP) is 2.61. The number of carbonyl (C=O) groups excluding carboxylic acids is 1. The van der Waals surface area contributed by atoms with Crippen molar-refractivity contribution in [3.05, 3.63) is 51.6 Å². The van der Waals surface area contributed by atoms with Crippen LogP contribution in [0.5, 0.6) is 0 Å². The van der Waals surface area contributed by atoms with Gasteiger partial charge < -0.3 is 9.64 Å². The summed E-state index contributed by atoms with van der Waals surface area (Å²) >= 11 is 2.12. The number of carbonyl (C=O) groups is 1. The van der Waals surface area contributed by atoms with Crippen molar-refractivity contribution in [2.24, 2.45) is 0 Å². The summed E-state index contributed by atoms with van der Waals surface area (Å²) in [4.78, 5) is 18.3. The van der Waals surface area contributed by atoms with Crippen LogP contribution in [0.2, 0.25) is 0 Å². The van der Waals surface area contributed by atoms with E-state index >= 15 is 0 Å². The van der Waals surface area contributed by atoms with E-state index in [1.807, 2.05) is 0 Å². The van der Waals surface area contributed by atoms with E-state index in [0.717, 1.165) is 3.70 Å². The molecule has 8 heteroatoms. The molecule has 0 unspecified atom stereocenters. The normalized spacial score (nSPS) is 14.9. The third-order valence-electron chi connectivity index (χ3n) is 4.11. The number of amides is 1. The maximum absolute atomic E-state index is 14.6. The van der Waals surface area contributed by atoms with Gasteiger partial charge in [0.15, 0.2) is 5.65 Å². The predicted molar refractivity (Wildman–Crippen MR) is 97.8 cm³/mol. The van der Waals surface area contributed by atoms with E-state index in [0.29, 0.717) is 48.8 Å². The van der Waals surface area contributed by atoms with Crippen LogP contribution in [0.15, 0.2) is 36.5 Å². The zero-order chi connectivity index (χ0) is 17.4. The molecule has 0 atom stereocenters. The molecule has 0 radical (unpaired) electrons. The van der Waals surface area contributed by atoms with Gasteiger partial charge in [-0.05, 0) is 52.9 Å². The van der Waals surface area contributed by atoms with Crippen molar-refractivity contribution in [1.82, 2.24) is 19.5 Å². The fraction of sp³-hybridized carbons (Fsp3) is 0.235. The smallest absolute Gasteiger partial charge is 0.254 e. The molecular weight excluding hydrogens is 438 g/mol. The lowest BCUT2D eigenvalue weighted by atomic mass is 10.1. The van der Waals surface area contributed by atoms with Crippen molar-refractivity contribution >= 4 is 34.1 Å². The fourth-order valence-electron chi connectivity index (χ4n) is 2.79. The summed E-state index contributed by atoms with van der Waals surface area (Å²) in [5, 5.41) is 4.42. The Bertz CT molecular complexity index is 953. The molecule has 128 valence electrons. The molecule has 1 fully saturated rings. The quantitative estimate of drug-likeness (QED) is 0.562. The van der Waals surface area contributed by atoms with E-state index in [4.69, 9.17) is 4.74 Å². The minimum absolute atomic E-state index is 0.179. The molecule has 0 N–H and O–H groups in total. The number of aromatic nitrogens is 3. The van der Waals surface area contributed by atoms with Crippen molar-refractivity contribution in [3.63, 3.8) is 0 Å². The Hall–Kier alpha value is -2.07. The number of hydrogen-bond donors (Lipinski definition) is 0. The number of hydrogen-bond acceptors (Lipinski definition) is 4. The van der Waals surface area contributed by atoms with Crippen LogP contribution in [-0.4, -0.2) is 51.7 Å². The summed E-state index contributed by atoms with van der Waals surface area (Å²) in [5.41, 5.74) is 1.88. The summed E-state index contributed by atoms with van der Waals surface area (Å²) in [6.07, 6.45) is 1.70. The van der Waals surface area contributed by atoms with Crippen molar-refractivity contribution in [2.75, 3.05) is 26.3 Å². The lowest BCUT2D eigenvalue weighted by Gasteiger charge is -2.26. The third kappa shape index (κ3) is 3.11. The molecule has 6 nitrogen and oxygen atoms in total. The molecular formula is C17H14FIN4O2. The number of halogens is 2. The molecule has 0 bridgehead atoms. The molecule has 1 aliphatic rings. The lowest BCUT2D eigenvalue weighted by molar-refractivity contribution is 0.0302. The number of ether oxygens (including phenoxy) is 1. The Morgan fingerprint density at radius 2 is 2.00 bits per heavy atom. The van der Waals surface area contributed by atoms with Gasteiger partial charge in [0.2, 0.25) is 0 Å². The van der Waals surface area contributed by atoms with E-state index < -0.39 is 5.82 Å². The molecule has 3 heterocycles. The van der Waals surface area contributed by atoms with Gasteiger partial charge in [0, 0.05) is 24.2 Å². The summed E-state index contributed by atoms with van der Waals surface area (Å²) in [7, 11) is 0. The Morgan fingerprint density at radius 3 is 2.76 bits per heavy atom. The van der Waals surface area contributed by atoms with Crippen LogP contribution in [-0.2, 0) is 4.74 Å². The fourth-order valence-corrected chi connectivity index (χ4v) is 3.29. The molecule has 1 amide bonds. The van der Waals surface area contributed by atoms with E-state index in [2.05, 4.69) is 32.7 Å². The summed E-state index contributed by atoms with van der Waals surface area (Å²) in [6.45, 7) is 2.08. The molecule has 1 aromatic carbocycles. The highest BCUT2D eigenvalue weighted by Crippen LogP contribution is 2.23. The van der Waals surface area contributed by atoms with Gasteiger partial charge in [0.25, 0.3) is 5.91 Å². The number of rotatable bonds is 2. The van der Waals surface area contributed by atoms with Crippen LogP contribution < -0.4 is 0 Å².